The molecule has 1 fully saturated rings. The fourth-order valence-corrected chi connectivity index (χ4v) is 2.55. The maximum absolute atomic E-state index is 9.25. The van der Waals surface area contributed by atoms with Crippen LogP contribution in [0.3, 0.4) is 0 Å². The quantitative estimate of drug-likeness (QED) is 0.800. The number of aliphatic hydroxyl groups is 1. The standard InChI is InChI=1S/C14H21NO/c1-10-4-3-5-13(11(10)2)14-8-12(9-16)6-7-15-14/h3-5,12,14-16H,6-9H2,1-2H3. The molecule has 2 atom stereocenters. The number of hydrogen-bond donors (Lipinski definition) is 2. The van der Waals surface area contributed by atoms with E-state index >= 15 is 0 Å². The number of aryl methyl sites for hydroxylation is 1. The first-order valence-electron chi connectivity index (χ1n) is 6.12. The van der Waals surface area contributed by atoms with Crippen LogP contribution in [0.15, 0.2) is 18.2 Å². The largest absolute Gasteiger partial charge is 0.396 e. The molecule has 0 aromatic heterocycles. The van der Waals surface area contributed by atoms with E-state index < -0.39 is 0 Å². The Balaban J connectivity index is 2.20. The predicted molar refractivity (Wildman–Crippen MR) is 66.5 cm³/mol. The van der Waals surface area contributed by atoms with E-state index in [0.717, 1.165) is 19.4 Å². The van der Waals surface area contributed by atoms with Crippen molar-refractivity contribution in [2.75, 3.05) is 13.2 Å². The smallest absolute Gasteiger partial charge is 0.0460 e. The third-order valence-corrected chi connectivity index (χ3v) is 3.79. The van der Waals surface area contributed by atoms with Crippen LogP contribution in [0.5, 0.6) is 0 Å². The van der Waals surface area contributed by atoms with E-state index in [-0.39, 0.29) is 0 Å². The third-order valence-electron chi connectivity index (χ3n) is 3.79. The molecule has 1 aliphatic heterocycles. The van der Waals surface area contributed by atoms with Crippen molar-refractivity contribution < 1.29 is 5.11 Å². The van der Waals surface area contributed by atoms with Crippen LogP contribution >= 0.6 is 0 Å². The molecule has 88 valence electrons. The summed E-state index contributed by atoms with van der Waals surface area (Å²) in [5.74, 6) is 0.464. The van der Waals surface area contributed by atoms with Gasteiger partial charge in [0.2, 0.25) is 0 Å². The van der Waals surface area contributed by atoms with E-state index in [1.807, 2.05) is 0 Å². The molecule has 2 N–H and O–H groups in total. The molecule has 0 aliphatic carbocycles. The molecule has 1 aromatic carbocycles. The highest BCUT2D eigenvalue weighted by molar-refractivity contribution is 5.35. The summed E-state index contributed by atoms with van der Waals surface area (Å²) >= 11 is 0. The molecule has 2 heteroatoms. The third kappa shape index (κ3) is 2.28. The van der Waals surface area contributed by atoms with Crippen LogP contribution in [0, 0.1) is 19.8 Å². The van der Waals surface area contributed by atoms with E-state index in [1.165, 1.54) is 16.7 Å². The van der Waals surface area contributed by atoms with Crippen LogP contribution in [0.25, 0.3) is 0 Å². The zero-order chi connectivity index (χ0) is 11.5. The molecule has 16 heavy (non-hydrogen) atoms. The molecule has 2 nitrogen and oxygen atoms in total. The average Bonchev–Trinajstić information content (AvgIpc) is 2.33. The molecule has 0 bridgehead atoms. The van der Waals surface area contributed by atoms with Crippen molar-refractivity contribution in [3.05, 3.63) is 34.9 Å². The number of rotatable bonds is 2. The van der Waals surface area contributed by atoms with Crippen LogP contribution in [0.4, 0.5) is 0 Å². The Morgan fingerprint density at radius 1 is 1.38 bits per heavy atom. The number of nitrogens with one attached hydrogen (secondary N) is 1. The van der Waals surface area contributed by atoms with Crippen molar-refractivity contribution in [3.63, 3.8) is 0 Å². The van der Waals surface area contributed by atoms with Gasteiger partial charge in [-0.15, -0.1) is 0 Å². The minimum atomic E-state index is 0.322. The lowest BCUT2D eigenvalue weighted by Crippen LogP contribution is -2.33. The number of piperidine rings is 1. The zero-order valence-electron chi connectivity index (χ0n) is 10.2. The van der Waals surface area contributed by atoms with Gasteiger partial charge in [-0.05, 0) is 55.8 Å². The molecular weight excluding hydrogens is 198 g/mol. The van der Waals surface area contributed by atoms with Crippen LogP contribution in [-0.4, -0.2) is 18.3 Å². The molecular formula is C14H21NO. The molecule has 2 unspecified atom stereocenters. The van der Waals surface area contributed by atoms with E-state index in [2.05, 4.69) is 37.4 Å². The minimum absolute atomic E-state index is 0.322. The van der Waals surface area contributed by atoms with E-state index in [1.54, 1.807) is 0 Å². The summed E-state index contributed by atoms with van der Waals surface area (Å²) in [6.45, 7) is 5.69. The van der Waals surface area contributed by atoms with Crippen LogP contribution in [0.1, 0.15) is 35.6 Å². The Morgan fingerprint density at radius 3 is 2.94 bits per heavy atom. The Morgan fingerprint density at radius 2 is 2.19 bits per heavy atom. The fraction of sp³-hybridized carbons (Fsp3) is 0.571. The monoisotopic (exact) mass is 219 g/mol. The summed E-state index contributed by atoms with van der Waals surface area (Å²) in [7, 11) is 0. The average molecular weight is 219 g/mol. The van der Waals surface area contributed by atoms with Gasteiger partial charge in [0.1, 0.15) is 0 Å². The Kier molecular flexibility index (Phi) is 3.62. The van der Waals surface area contributed by atoms with Gasteiger partial charge in [0, 0.05) is 12.6 Å². The lowest BCUT2D eigenvalue weighted by atomic mass is 9.87. The Hall–Kier alpha value is -0.860. The normalized spacial score (nSPS) is 25.7. The van der Waals surface area contributed by atoms with Gasteiger partial charge >= 0.3 is 0 Å². The van der Waals surface area contributed by atoms with Gasteiger partial charge in [0.15, 0.2) is 0 Å². The van der Waals surface area contributed by atoms with Crippen molar-refractivity contribution in [2.45, 2.75) is 32.7 Å². The Labute approximate surface area is 97.7 Å². The lowest BCUT2D eigenvalue weighted by Gasteiger charge is -2.30. The highest BCUT2D eigenvalue weighted by Gasteiger charge is 2.23. The first-order chi connectivity index (χ1) is 7.72. The number of aliphatic hydroxyl groups excluding tert-OH is 1. The molecule has 1 aliphatic rings. The van der Waals surface area contributed by atoms with Crippen LogP contribution in [-0.2, 0) is 0 Å². The first kappa shape index (κ1) is 11.6. The van der Waals surface area contributed by atoms with E-state index in [9.17, 15) is 5.11 Å². The summed E-state index contributed by atoms with van der Waals surface area (Å²) < 4.78 is 0. The van der Waals surface area contributed by atoms with Gasteiger partial charge in [0.05, 0.1) is 0 Å². The second kappa shape index (κ2) is 4.98. The lowest BCUT2D eigenvalue weighted by molar-refractivity contribution is 0.176. The van der Waals surface area contributed by atoms with Crippen molar-refractivity contribution in [3.8, 4) is 0 Å². The second-order valence-electron chi connectivity index (χ2n) is 4.87. The molecule has 1 heterocycles. The van der Waals surface area contributed by atoms with E-state index in [4.69, 9.17) is 0 Å². The molecule has 0 spiro atoms. The highest BCUT2D eigenvalue weighted by atomic mass is 16.3. The first-order valence-corrected chi connectivity index (χ1v) is 6.12. The van der Waals surface area contributed by atoms with Gasteiger partial charge in [-0.3, -0.25) is 0 Å². The summed E-state index contributed by atoms with van der Waals surface area (Å²) in [6.07, 6.45) is 2.15. The van der Waals surface area contributed by atoms with Crippen molar-refractivity contribution in [1.29, 1.82) is 0 Å². The topological polar surface area (TPSA) is 32.3 Å². The maximum atomic E-state index is 9.25. The molecule has 0 saturated carbocycles. The molecule has 1 aromatic rings. The van der Waals surface area contributed by atoms with Gasteiger partial charge < -0.3 is 10.4 Å². The maximum Gasteiger partial charge on any atom is 0.0460 e. The van der Waals surface area contributed by atoms with Gasteiger partial charge in [-0.25, -0.2) is 0 Å². The number of hydrogen-bond acceptors (Lipinski definition) is 2. The SMILES string of the molecule is Cc1cccc(C2CC(CO)CCN2)c1C. The minimum Gasteiger partial charge on any atom is -0.396 e. The Bertz CT molecular complexity index is 362. The molecule has 0 amide bonds. The van der Waals surface area contributed by atoms with Crippen LogP contribution in [0.2, 0.25) is 0 Å². The van der Waals surface area contributed by atoms with E-state index in [0.29, 0.717) is 18.6 Å². The number of benzene rings is 1. The van der Waals surface area contributed by atoms with Crippen molar-refractivity contribution >= 4 is 0 Å². The summed E-state index contributed by atoms with van der Waals surface area (Å²) in [5.41, 5.74) is 4.14. The summed E-state index contributed by atoms with van der Waals surface area (Å²) in [6, 6.07) is 6.91. The highest BCUT2D eigenvalue weighted by Crippen LogP contribution is 2.29. The van der Waals surface area contributed by atoms with Gasteiger partial charge in [0.25, 0.3) is 0 Å². The zero-order valence-corrected chi connectivity index (χ0v) is 10.2. The fourth-order valence-electron chi connectivity index (χ4n) is 2.55. The second-order valence-corrected chi connectivity index (χ2v) is 4.87. The van der Waals surface area contributed by atoms with Gasteiger partial charge in [-0.1, -0.05) is 18.2 Å². The summed E-state index contributed by atoms with van der Waals surface area (Å²) in [5, 5.41) is 12.8. The summed E-state index contributed by atoms with van der Waals surface area (Å²) in [4.78, 5) is 0. The van der Waals surface area contributed by atoms with Crippen molar-refractivity contribution in [1.82, 2.24) is 5.32 Å². The molecule has 2 rings (SSSR count). The van der Waals surface area contributed by atoms with Crippen LogP contribution < -0.4 is 5.32 Å². The molecule has 0 radical (unpaired) electrons. The van der Waals surface area contributed by atoms with Crippen molar-refractivity contribution in [2.24, 2.45) is 5.92 Å². The molecule has 1 saturated heterocycles. The predicted octanol–water partition coefficient (Wildman–Crippen LogP) is 2.34. The van der Waals surface area contributed by atoms with Gasteiger partial charge in [-0.2, -0.15) is 0 Å².